The summed E-state index contributed by atoms with van der Waals surface area (Å²) in [5.41, 5.74) is 0. The molecule has 0 saturated carbocycles. The molecule has 1 saturated heterocycles. The van der Waals surface area contributed by atoms with Gasteiger partial charge in [-0.15, -0.1) is 6.58 Å². The van der Waals surface area contributed by atoms with E-state index in [2.05, 4.69) is 22.5 Å². The zero-order valence-electron chi connectivity index (χ0n) is 9.57. The first-order valence-corrected chi connectivity index (χ1v) is 6.79. The molecule has 1 aliphatic heterocycles. The maximum atomic E-state index is 10.7. The van der Waals surface area contributed by atoms with E-state index in [0.29, 0.717) is 23.8 Å². The Labute approximate surface area is 106 Å². The number of alkyl halides is 1. The Morgan fingerprint density at radius 3 is 2.69 bits per heavy atom. The van der Waals surface area contributed by atoms with Crippen LogP contribution in [0, 0.1) is 5.92 Å². The summed E-state index contributed by atoms with van der Waals surface area (Å²) >= 11 is 3.73. The first-order valence-electron chi connectivity index (χ1n) is 5.88. The average molecular weight is 290 g/mol. The average Bonchev–Trinajstić information content (AvgIpc) is 2.29. The van der Waals surface area contributed by atoms with Crippen molar-refractivity contribution in [2.45, 2.75) is 36.9 Å². The van der Waals surface area contributed by atoms with Crippen LogP contribution in [0.5, 0.6) is 0 Å². The lowest BCUT2D eigenvalue weighted by Gasteiger charge is -2.32. The van der Waals surface area contributed by atoms with Crippen molar-refractivity contribution in [3.8, 4) is 0 Å². The number of halogens is 1. The highest BCUT2D eigenvalue weighted by Gasteiger charge is 2.26. The summed E-state index contributed by atoms with van der Waals surface area (Å²) in [6.45, 7) is 5.08. The van der Waals surface area contributed by atoms with Crippen LogP contribution in [0.25, 0.3) is 0 Å². The van der Waals surface area contributed by atoms with Crippen molar-refractivity contribution in [1.29, 1.82) is 0 Å². The third-order valence-electron chi connectivity index (χ3n) is 3.21. The highest BCUT2D eigenvalue weighted by atomic mass is 79.9. The van der Waals surface area contributed by atoms with Crippen LogP contribution in [0.2, 0.25) is 0 Å². The minimum atomic E-state index is -0.781. The zero-order valence-corrected chi connectivity index (χ0v) is 11.2. The third kappa shape index (κ3) is 4.16. The number of allylic oxidation sites excluding steroid dienone is 1. The quantitative estimate of drug-likeness (QED) is 0.478. The topological polar surface area (TPSA) is 40.5 Å². The van der Waals surface area contributed by atoms with E-state index >= 15 is 0 Å². The zero-order chi connectivity index (χ0) is 12.0. The van der Waals surface area contributed by atoms with Gasteiger partial charge in [0.05, 0.1) is 0 Å². The van der Waals surface area contributed by atoms with Gasteiger partial charge in [-0.1, -0.05) is 22.0 Å². The van der Waals surface area contributed by atoms with Gasteiger partial charge < -0.3 is 10.0 Å². The van der Waals surface area contributed by atoms with Crippen molar-refractivity contribution in [3.63, 3.8) is 0 Å². The van der Waals surface area contributed by atoms with Gasteiger partial charge in [-0.2, -0.15) is 0 Å². The first kappa shape index (κ1) is 13.6. The summed E-state index contributed by atoms with van der Waals surface area (Å²) < 4.78 is 0. The van der Waals surface area contributed by atoms with Gasteiger partial charge in [0.25, 0.3) is 0 Å². The Morgan fingerprint density at radius 2 is 2.19 bits per heavy atom. The number of carbonyl (C=O) groups is 1. The third-order valence-corrected chi connectivity index (χ3v) is 4.42. The number of nitrogens with zero attached hydrogens (tertiary/aromatic N) is 1. The summed E-state index contributed by atoms with van der Waals surface area (Å²) in [5.74, 6) is 0.625. The summed E-state index contributed by atoms with van der Waals surface area (Å²) in [4.78, 5) is 12.8. The van der Waals surface area contributed by atoms with Crippen LogP contribution in [0.1, 0.15) is 32.1 Å². The fraction of sp³-hybridized carbons (Fsp3) is 0.750. The molecule has 1 fully saturated rings. The minimum absolute atomic E-state index is 0.531. The van der Waals surface area contributed by atoms with E-state index in [1.807, 2.05) is 6.08 Å². The number of likely N-dealkylation sites (tertiary alicyclic amines) is 1. The van der Waals surface area contributed by atoms with E-state index in [0.717, 1.165) is 25.7 Å². The maximum Gasteiger partial charge on any atom is 0.407 e. The van der Waals surface area contributed by atoms with Crippen molar-refractivity contribution < 1.29 is 9.90 Å². The molecule has 0 aromatic heterocycles. The molecule has 1 aliphatic rings. The lowest BCUT2D eigenvalue weighted by molar-refractivity contribution is 0.124. The van der Waals surface area contributed by atoms with Crippen molar-refractivity contribution in [1.82, 2.24) is 4.90 Å². The molecule has 1 N–H and O–H groups in total. The molecule has 0 radical (unpaired) electrons. The summed E-state index contributed by atoms with van der Waals surface area (Å²) in [6.07, 6.45) is 6.52. The van der Waals surface area contributed by atoms with Crippen LogP contribution >= 0.6 is 15.9 Å². The number of rotatable bonds is 5. The van der Waals surface area contributed by atoms with Crippen LogP contribution < -0.4 is 0 Å². The van der Waals surface area contributed by atoms with Crippen LogP contribution in [-0.4, -0.2) is 34.0 Å². The Balaban J connectivity index is 2.24. The molecule has 0 spiro atoms. The standard InChI is InChI=1S/C12H20BrNO2/c1-2-3-4-5-11(13)10-6-8-14(9-7-10)12(15)16/h2,10-11H,1,3-9H2,(H,15,16). The van der Waals surface area contributed by atoms with Crippen molar-refractivity contribution in [3.05, 3.63) is 12.7 Å². The summed E-state index contributed by atoms with van der Waals surface area (Å²) in [7, 11) is 0. The molecule has 0 aromatic rings. The molecular weight excluding hydrogens is 270 g/mol. The lowest BCUT2D eigenvalue weighted by Crippen LogP contribution is -2.39. The molecule has 1 unspecified atom stereocenters. The van der Waals surface area contributed by atoms with Gasteiger partial charge in [0.15, 0.2) is 0 Å². The molecule has 0 bridgehead atoms. The monoisotopic (exact) mass is 289 g/mol. The molecule has 0 aromatic carbocycles. The molecule has 0 aliphatic carbocycles. The van der Waals surface area contributed by atoms with Gasteiger partial charge in [0.2, 0.25) is 0 Å². The van der Waals surface area contributed by atoms with Gasteiger partial charge in [0, 0.05) is 17.9 Å². The molecule has 92 valence electrons. The van der Waals surface area contributed by atoms with Crippen LogP contribution in [-0.2, 0) is 0 Å². The molecule has 1 heterocycles. The fourth-order valence-electron chi connectivity index (χ4n) is 2.15. The second kappa shape index (κ2) is 6.94. The van der Waals surface area contributed by atoms with Crippen LogP contribution in [0.3, 0.4) is 0 Å². The maximum absolute atomic E-state index is 10.7. The van der Waals surface area contributed by atoms with Gasteiger partial charge in [0.1, 0.15) is 0 Å². The smallest absolute Gasteiger partial charge is 0.407 e. The highest BCUT2D eigenvalue weighted by molar-refractivity contribution is 9.09. The van der Waals surface area contributed by atoms with E-state index in [9.17, 15) is 4.79 Å². The molecule has 1 rings (SSSR count). The Bertz CT molecular complexity index is 237. The number of hydrogen-bond acceptors (Lipinski definition) is 1. The lowest BCUT2D eigenvalue weighted by atomic mass is 9.91. The predicted molar refractivity (Wildman–Crippen MR) is 69.1 cm³/mol. The molecule has 3 nitrogen and oxygen atoms in total. The van der Waals surface area contributed by atoms with E-state index < -0.39 is 6.09 Å². The van der Waals surface area contributed by atoms with E-state index in [-0.39, 0.29) is 0 Å². The normalized spacial score (nSPS) is 19.4. The molecule has 1 atom stereocenters. The molecular formula is C12H20BrNO2. The van der Waals surface area contributed by atoms with E-state index in [1.165, 1.54) is 11.3 Å². The number of hydrogen-bond donors (Lipinski definition) is 1. The number of piperidine rings is 1. The number of carboxylic acid groups (broad SMARTS) is 1. The Kier molecular flexibility index (Phi) is 5.88. The van der Waals surface area contributed by atoms with Gasteiger partial charge in [-0.05, 0) is 38.0 Å². The SMILES string of the molecule is C=CCCCC(Br)C1CCN(C(=O)O)CC1. The molecule has 1 amide bonds. The predicted octanol–water partition coefficient (Wildman–Crippen LogP) is 3.50. The second-order valence-corrected chi connectivity index (χ2v) is 5.52. The van der Waals surface area contributed by atoms with E-state index in [4.69, 9.17) is 5.11 Å². The van der Waals surface area contributed by atoms with Gasteiger partial charge >= 0.3 is 6.09 Å². The summed E-state index contributed by atoms with van der Waals surface area (Å²) in [6, 6.07) is 0. The van der Waals surface area contributed by atoms with Crippen molar-refractivity contribution in [2.75, 3.05) is 13.1 Å². The largest absolute Gasteiger partial charge is 0.465 e. The van der Waals surface area contributed by atoms with Crippen molar-refractivity contribution >= 4 is 22.0 Å². The fourth-order valence-corrected chi connectivity index (χ4v) is 3.00. The van der Waals surface area contributed by atoms with Gasteiger partial charge in [-0.25, -0.2) is 4.79 Å². The number of amides is 1. The Morgan fingerprint density at radius 1 is 1.56 bits per heavy atom. The molecule has 4 heteroatoms. The first-order chi connectivity index (χ1) is 7.65. The van der Waals surface area contributed by atoms with E-state index in [1.54, 1.807) is 0 Å². The number of unbranched alkanes of at least 4 members (excludes halogenated alkanes) is 1. The second-order valence-electron chi connectivity index (χ2n) is 4.34. The molecule has 16 heavy (non-hydrogen) atoms. The van der Waals surface area contributed by atoms with Crippen LogP contribution in [0.4, 0.5) is 4.79 Å². The van der Waals surface area contributed by atoms with Crippen LogP contribution in [0.15, 0.2) is 12.7 Å². The minimum Gasteiger partial charge on any atom is -0.465 e. The highest BCUT2D eigenvalue weighted by Crippen LogP contribution is 2.28. The van der Waals surface area contributed by atoms with Gasteiger partial charge in [-0.3, -0.25) is 0 Å². The Hall–Kier alpha value is -0.510. The summed E-state index contributed by atoms with van der Waals surface area (Å²) in [5, 5.41) is 8.84. The van der Waals surface area contributed by atoms with Crippen molar-refractivity contribution in [2.24, 2.45) is 5.92 Å².